The number of benzene rings is 2. The Labute approximate surface area is 387 Å². The monoisotopic (exact) mass is 956 g/mol. The van der Waals surface area contributed by atoms with Crippen LogP contribution in [-0.4, -0.2) is 131 Å². The van der Waals surface area contributed by atoms with Gasteiger partial charge in [-0.15, -0.1) is 0 Å². The highest BCUT2D eigenvalue weighted by molar-refractivity contribution is 7.91. The van der Waals surface area contributed by atoms with Crippen LogP contribution in [0.3, 0.4) is 0 Å². The number of methoxy groups -OCH3 is 2. The average molecular weight is 957 g/mol. The molecule has 0 radical (unpaired) electrons. The number of nitrogens with zero attached hydrogens (tertiary/aromatic N) is 6. The van der Waals surface area contributed by atoms with Crippen molar-refractivity contribution in [1.29, 1.82) is 0 Å². The van der Waals surface area contributed by atoms with Gasteiger partial charge >= 0.3 is 12.2 Å². The van der Waals surface area contributed by atoms with Gasteiger partial charge in [-0.05, 0) is 90.8 Å². The minimum absolute atomic E-state index is 0.0299. The number of amides is 2. The SMILES string of the molecule is CC(C)(C)OC(=O)N1CC[C@@H](N)C1.CCS(=O)(=O)c1ncc(C(=O)c2cc(F)ccc2OC)c(N)n1.COc1ccc(F)cc1C(=O)c1cnc(N[C@@H]2CCN(C(=O)OC(C)(C)C)C2)nc1N. The van der Waals surface area contributed by atoms with Crippen molar-refractivity contribution in [3.63, 3.8) is 0 Å². The van der Waals surface area contributed by atoms with Gasteiger partial charge in [0.1, 0.15) is 46.0 Å². The van der Waals surface area contributed by atoms with E-state index >= 15 is 0 Å². The number of carbonyl (C=O) groups excluding carboxylic acids is 4. The molecule has 0 aliphatic carbocycles. The molecule has 6 rings (SSSR count). The van der Waals surface area contributed by atoms with Crippen molar-refractivity contribution in [2.24, 2.45) is 5.73 Å². The smallest absolute Gasteiger partial charge is 0.410 e. The molecule has 23 heteroatoms. The first-order chi connectivity index (χ1) is 31.2. The Hall–Kier alpha value is -6.75. The van der Waals surface area contributed by atoms with Gasteiger partial charge in [0.2, 0.25) is 32.5 Å². The first kappa shape index (κ1) is 52.9. The van der Waals surface area contributed by atoms with E-state index in [1.165, 1.54) is 45.5 Å². The highest BCUT2D eigenvalue weighted by Crippen LogP contribution is 2.27. The van der Waals surface area contributed by atoms with Gasteiger partial charge in [-0.3, -0.25) is 9.59 Å². The molecular formula is C44H58F2N10O10S. The second-order valence-corrected chi connectivity index (χ2v) is 19.4. The predicted octanol–water partition coefficient (Wildman–Crippen LogP) is 5.04. The fraction of sp³-hybridized carbons (Fsp3) is 0.455. The maximum atomic E-state index is 13.6. The number of ether oxygens (including phenoxy) is 4. The Morgan fingerprint density at radius 3 is 1.61 bits per heavy atom. The fourth-order valence-electron chi connectivity index (χ4n) is 6.31. The van der Waals surface area contributed by atoms with Crippen LogP contribution in [0.2, 0.25) is 0 Å². The van der Waals surface area contributed by atoms with Crippen LogP contribution in [0.4, 0.5) is 36.0 Å². The molecule has 4 heterocycles. The van der Waals surface area contributed by atoms with Crippen molar-refractivity contribution in [3.05, 3.63) is 82.7 Å². The number of ketones is 2. The number of hydrogen-bond donors (Lipinski definition) is 4. The second kappa shape index (κ2) is 22.2. The molecule has 2 atom stereocenters. The van der Waals surface area contributed by atoms with Crippen LogP contribution < -0.4 is 32.0 Å². The third kappa shape index (κ3) is 14.9. The summed E-state index contributed by atoms with van der Waals surface area (Å²) in [5.74, 6) is -2.34. The van der Waals surface area contributed by atoms with Gasteiger partial charge in [0, 0.05) is 50.7 Å². The van der Waals surface area contributed by atoms with Gasteiger partial charge < -0.3 is 51.3 Å². The summed E-state index contributed by atoms with van der Waals surface area (Å²) in [6.45, 7) is 14.8. The van der Waals surface area contributed by atoms with E-state index in [4.69, 9.17) is 36.1 Å². The number of aromatic nitrogens is 4. The van der Waals surface area contributed by atoms with E-state index in [1.54, 1.807) is 9.80 Å². The summed E-state index contributed by atoms with van der Waals surface area (Å²) in [5.41, 5.74) is 16.2. The van der Waals surface area contributed by atoms with Crippen LogP contribution in [0.5, 0.6) is 11.5 Å². The molecule has 2 aliphatic heterocycles. The van der Waals surface area contributed by atoms with Gasteiger partial charge in [-0.1, -0.05) is 6.92 Å². The number of carbonyl (C=O) groups is 4. The third-order valence-electron chi connectivity index (χ3n) is 9.62. The number of rotatable bonds is 10. The lowest BCUT2D eigenvalue weighted by atomic mass is 10.0. The van der Waals surface area contributed by atoms with Crippen LogP contribution >= 0.6 is 0 Å². The Morgan fingerprint density at radius 2 is 1.19 bits per heavy atom. The quantitative estimate of drug-likeness (QED) is 0.120. The third-order valence-corrected chi connectivity index (χ3v) is 11.1. The number of halogens is 2. The van der Waals surface area contributed by atoms with Crippen molar-refractivity contribution >= 4 is 51.2 Å². The molecule has 2 amide bonds. The number of anilines is 3. The zero-order valence-electron chi connectivity index (χ0n) is 38.9. The molecule has 2 saturated heterocycles. The lowest BCUT2D eigenvalue weighted by Gasteiger charge is -2.24. The fourth-order valence-corrected chi connectivity index (χ4v) is 7.02. The molecule has 364 valence electrons. The van der Waals surface area contributed by atoms with Crippen LogP contribution in [0.25, 0.3) is 0 Å². The van der Waals surface area contributed by atoms with Crippen LogP contribution in [0.1, 0.15) is 93.2 Å². The van der Waals surface area contributed by atoms with E-state index in [0.29, 0.717) is 26.1 Å². The minimum atomic E-state index is -3.65. The summed E-state index contributed by atoms with van der Waals surface area (Å²) in [5, 5.41) is 2.66. The Balaban J connectivity index is 0.000000238. The first-order valence-corrected chi connectivity index (χ1v) is 22.6. The highest BCUT2D eigenvalue weighted by Gasteiger charge is 2.31. The van der Waals surface area contributed by atoms with E-state index < -0.39 is 49.4 Å². The van der Waals surface area contributed by atoms with E-state index in [0.717, 1.165) is 37.4 Å². The molecule has 20 nitrogen and oxygen atoms in total. The molecule has 2 aromatic heterocycles. The molecule has 0 spiro atoms. The van der Waals surface area contributed by atoms with Gasteiger partial charge in [-0.2, -0.15) is 4.98 Å². The number of sulfone groups is 1. The maximum absolute atomic E-state index is 13.6. The molecule has 2 aromatic carbocycles. The lowest BCUT2D eigenvalue weighted by molar-refractivity contribution is 0.0282. The van der Waals surface area contributed by atoms with Gasteiger partial charge in [0.25, 0.3) is 0 Å². The normalized spacial score (nSPS) is 15.9. The van der Waals surface area contributed by atoms with E-state index in [1.807, 2.05) is 41.5 Å². The van der Waals surface area contributed by atoms with Crippen LogP contribution in [-0.2, 0) is 19.3 Å². The Bertz CT molecular complexity index is 2560. The van der Waals surface area contributed by atoms with Crippen molar-refractivity contribution in [1.82, 2.24) is 29.7 Å². The predicted molar refractivity (Wildman–Crippen MR) is 244 cm³/mol. The summed E-state index contributed by atoms with van der Waals surface area (Å²) in [6.07, 6.45) is 3.24. The van der Waals surface area contributed by atoms with Crippen molar-refractivity contribution in [2.75, 3.05) is 62.9 Å². The summed E-state index contributed by atoms with van der Waals surface area (Å²) in [7, 11) is -0.923. The van der Waals surface area contributed by atoms with Crippen molar-refractivity contribution < 1.29 is 55.3 Å². The van der Waals surface area contributed by atoms with Crippen LogP contribution in [0.15, 0.2) is 53.9 Å². The largest absolute Gasteiger partial charge is 0.496 e. The Kier molecular flexibility index (Phi) is 17.5. The van der Waals surface area contributed by atoms with Gasteiger partial charge in [0.05, 0.1) is 42.2 Å². The number of nitrogens with one attached hydrogen (secondary N) is 1. The first-order valence-electron chi connectivity index (χ1n) is 21.0. The number of likely N-dealkylation sites (tertiary alicyclic amines) is 2. The minimum Gasteiger partial charge on any atom is -0.496 e. The average Bonchev–Trinajstić information content (AvgIpc) is 3.92. The molecule has 2 fully saturated rings. The highest BCUT2D eigenvalue weighted by atomic mass is 32.2. The number of nitrogen functional groups attached to an aromatic ring is 2. The summed E-state index contributed by atoms with van der Waals surface area (Å²) >= 11 is 0. The summed E-state index contributed by atoms with van der Waals surface area (Å²) in [4.78, 5) is 67.9. The molecular weight excluding hydrogens is 899 g/mol. The van der Waals surface area contributed by atoms with Crippen molar-refractivity contribution in [3.8, 4) is 11.5 Å². The molecule has 67 heavy (non-hydrogen) atoms. The number of nitrogens with two attached hydrogens (primary N) is 3. The molecule has 0 bridgehead atoms. The molecule has 7 N–H and O–H groups in total. The summed E-state index contributed by atoms with van der Waals surface area (Å²) < 4.78 is 71.1. The molecule has 4 aromatic rings. The summed E-state index contributed by atoms with van der Waals surface area (Å²) in [6, 6.07) is 7.12. The molecule has 0 saturated carbocycles. The number of hydrogen-bond acceptors (Lipinski definition) is 18. The zero-order valence-corrected chi connectivity index (χ0v) is 39.7. The van der Waals surface area contributed by atoms with E-state index in [-0.39, 0.29) is 81.4 Å². The second-order valence-electron chi connectivity index (χ2n) is 17.2. The Morgan fingerprint density at radius 1 is 0.731 bits per heavy atom. The topological polar surface area (TPSA) is 287 Å². The standard InChI is InChI=1S/C21H26FN5O4.C14H14FN3O4S.C9H18N2O2/c1-21(2,3)31-20(29)27-8-7-13(11-27)25-19-24-10-15(18(23)26-19)17(28)14-9-12(22)5-6-16(14)30-4;1-3-23(20,21)14-17-7-10(13(16)18-14)12(19)9-6-8(15)4-5-11(9)22-2;1-9(2,3)13-8(12)11-5-4-7(10)6-11/h5-6,9-10,13H,7-8,11H2,1-4H3,(H3,23,24,25,26);4-7H,3H2,1-2H3,(H2,16,17,18);7H,4-6,10H2,1-3H3/t13-;;7-/m1.1/s1. The lowest BCUT2D eigenvalue weighted by Crippen LogP contribution is -2.36. The van der Waals surface area contributed by atoms with Crippen LogP contribution in [0, 0.1) is 11.6 Å². The van der Waals surface area contributed by atoms with Crippen molar-refractivity contribution in [2.45, 2.75) is 89.8 Å². The molecule has 2 aliphatic rings. The van der Waals surface area contributed by atoms with E-state index in [2.05, 4.69) is 25.3 Å². The van der Waals surface area contributed by atoms with Gasteiger partial charge in [-0.25, -0.2) is 41.7 Å². The van der Waals surface area contributed by atoms with E-state index in [9.17, 15) is 36.4 Å². The molecule has 0 unspecified atom stereocenters. The zero-order chi connectivity index (χ0) is 50.0. The maximum Gasteiger partial charge on any atom is 0.410 e. The van der Waals surface area contributed by atoms with Gasteiger partial charge in [0.15, 0.2) is 0 Å².